The van der Waals surface area contributed by atoms with Crippen LogP contribution in [-0.4, -0.2) is 23.5 Å². The average Bonchev–Trinajstić information content (AvgIpc) is 2.59. The minimum atomic E-state index is -0.712. The van der Waals surface area contributed by atoms with Gasteiger partial charge in [0.2, 0.25) is 0 Å². The summed E-state index contributed by atoms with van der Waals surface area (Å²) in [7, 11) is 0. The van der Waals surface area contributed by atoms with Crippen molar-refractivity contribution in [3.05, 3.63) is 65.2 Å². The van der Waals surface area contributed by atoms with Crippen LogP contribution in [0.4, 0.5) is 5.69 Å². The molecule has 2 rings (SSSR count). The van der Waals surface area contributed by atoms with Crippen LogP contribution in [0.2, 0.25) is 0 Å². The van der Waals surface area contributed by atoms with Gasteiger partial charge in [-0.15, -0.1) is 0 Å². The van der Waals surface area contributed by atoms with Crippen LogP contribution < -0.4 is 10.6 Å². The zero-order chi connectivity index (χ0) is 17.5. The Morgan fingerprint density at radius 1 is 1.00 bits per heavy atom. The van der Waals surface area contributed by atoms with Crippen molar-refractivity contribution in [3.63, 3.8) is 0 Å². The molecule has 2 amide bonds. The Balaban J connectivity index is 1.82. The molecule has 0 fully saturated rings. The first-order valence-corrected chi connectivity index (χ1v) is 7.87. The van der Waals surface area contributed by atoms with Crippen molar-refractivity contribution in [2.45, 2.75) is 26.4 Å². The van der Waals surface area contributed by atoms with Gasteiger partial charge in [-0.3, -0.25) is 9.59 Å². The molecule has 126 valence electrons. The van der Waals surface area contributed by atoms with Gasteiger partial charge in [-0.1, -0.05) is 42.5 Å². The van der Waals surface area contributed by atoms with E-state index in [0.717, 1.165) is 16.7 Å². The Labute approximate surface area is 141 Å². The maximum absolute atomic E-state index is 11.9. The second kappa shape index (κ2) is 8.26. The first-order chi connectivity index (χ1) is 11.5. The molecule has 0 aromatic heterocycles. The Hall–Kier alpha value is -2.66. The lowest BCUT2D eigenvalue weighted by atomic mass is 10.1. The molecule has 3 N–H and O–H groups in total. The summed E-state index contributed by atoms with van der Waals surface area (Å²) in [6, 6.07) is 14.7. The van der Waals surface area contributed by atoms with Gasteiger partial charge >= 0.3 is 11.8 Å². The zero-order valence-corrected chi connectivity index (χ0v) is 13.9. The second-order valence-corrected chi connectivity index (χ2v) is 5.67. The molecule has 0 aliphatic carbocycles. The first-order valence-electron chi connectivity index (χ1n) is 7.87. The van der Waals surface area contributed by atoms with Crippen LogP contribution in [0.5, 0.6) is 0 Å². The number of nitrogens with one attached hydrogen (secondary N) is 2. The molecule has 0 bridgehead atoms. The Morgan fingerprint density at radius 3 is 2.42 bits per heavy atom. The maximum Gasteiger partial charge on any atom is 0.313 e. The molecule has 0 spiro atoms. The zero-order valence-electron chi connectivity index (χ0n) is 13.9. The molecule has 0 saturated heterocycles. The minimum absolute atomic E-state index is 0.217. The first kappa shape index (κ1) is 17.7. The maximum atomic E-state index is 11.9. The summed E-state index contributed by atoms with van der Waals surface area (Å²) in [4.78, 5) is 23.8. The summed E-state index contributed by atoms with van der Waals surface area (Å²) < 4.78 is 0. The fourth-order valence-electron chi connectivity index (χ4n) is 2.31. The molecular weight excluding hydrogens is 304 g/mol. The summed E-state index contributed by atoms with van der Waals surface area (Å²) in [6.45, 7) is 4.05. The van der Waals surface area contributed by atoms with Gasteiger partial charge in [-0.25, -0.2) is 0 Å². The van der Waals surface area contributed by atoms with Crippen molar-refractivity contribution in [3.8, 4) is 0 Å². The third-order valence-electron chi connectivity index (χ3n) is 3.95. The summed E-state index contributed by atoms with van der Waals surface area (Å²) in [5, 5.41) is 15.2. The molecule has 24 heavy (non-hydrogen) atoms. The lowest BCUT2D eigenvalue weighted by Crippen LogP contribution is -2.36. The van der Waals surface area contributed by atoms with E-state index in [1.54, 1.807) is 6.07 Å². The van der Waals surface area contributed by atoms with Crippen LogP contribution >= 0.6 is 0 Å². The second-order valence-electron chi connectivity index (χ2n) is 5.67. The fraction of sp³-hybridized carbons (Fsp3) is 0.263. The van der Waals surface area contributed by atoms with E-state index in [-0.39, 0.29) is 6.54 Å². The monoisotopic (exact) mass is 326 g/mol. The summed E-state index contributed by atoms with van der Waals surface area (Å²) in [5.41, 5.74) is 3.38. The molecular formula is C19H22N2O3. The van der Waals surface area contributed by atoms with Crippen molar-refractivity contribution in [2.75, 3.05) is 11.9 Å². The number of carbonyl (C=O) groups is 2. The predicted molar refractivity (Wildman–Crippen MR) is 93.6 cm³/mol. The van der Waals surface area contributed by atoms with Gasteiger partial charge in [0.15, 0.2) is 0 Å². The van der Waals surface area contributed by atoms with Gasteiger partial charge in [0.05, 0.1) is 6.10 Å². The van der Waals surface area contributed by atoms with E-state index in [1.807, 2.05) is 56.3 Å². The van der Waals surface area contributed by atoms with Crippen molar-refractivity contribution in [1.82, 2.24) is 5.32 Å². The molecule has 5 heteroatoms. The highest BCUT2D eigenvalue weighted by molar-refractivity contribution is 6.39. The third-order valence-corrected chi connectivity index (χ3v) is 3.95. The van der Waals surface area contributed by atoms with Gasteiger partial charge in [0.1, 0.15) is 0 Å². The van der Waals surface area contributed by atoms with E-state index in [2.05, 4.69) is 10.6 Å². The Morgan fingerprint density at radius 2 is 1.71 bits per heavy atom. The van der Waals surface area contributed by atoms with Crippen LogP contribution in [0.3, 0.4) is 0 Å². The summed E-state index contributed by atoms with van der Waals surface area (Å²) >= 11 is 0. The smallest absolute Gasteiger partial charge is 0.313 e. The van der Waals surface area contributed by atoms with Gasteiger partial charge < -0.3 is 15.7 Å². The topological polar surface area (TPSA) is 78.4 Å². The summed E-state index contributed by atoms with van der Waals surface area (Å²) in [5.74, 6) is -1.42. The van der Waals surface area contributed by atoms with Gasteiger partial charge in [0, 0.05) is 12.2 Å². The van der Waals surface area contributed by atoms with Crippen LogP contribution in [0, 0.1) is 13.8 Å². The lowest BCUT2D eigenvalue weighted by Gasteiger charge is -2.12. The number of aliphatic hydroxyl groups is 1. The molecule has 0 radical (unpaired) electrons. The normalized spacial score (nSPS) is 11.6. The highest BCUT2D eigenvalue weighted by Gasteiger charge is 2.15. The van der Waals surface area contributed by atoms with Crippen molar-refractivity contribution in [1.29, 1.82) is 0 Å². The third kappa shape index (κ3) is 4.67. The molecule has 0 unspecified atom stereocenters. The molecule has 0 aliphatic heterocycles. The molecule has 2 aromatic carbocycles. The van der Waals surface area contributed by atoms with E-state index in [1.165, 1.54) is 0 Å². The van der Waals surface area contributed by atoms with Crippen molar-refractivity contribution < 1.29 is 14.7 Å². The van der Waals surface area contributed by atoms with Crippen LogP contribution in [-0.2, 0) is 9.59 Å². The number of carbonyl (C=O) groups excluding carboxylic acids is 2. The molecule has 0 saturated carbocycles. The van der Waals surface area contributed by atoms with Crippen molar-refractivity contribution in [2.24, 2.45) is 0 Å². The number of anilines is 1. The number of hydrogen-bond acceptors (Lipinski definition) is 3. The van der Waals surface area contributed by atoms with E-state index in [0.29, 0.717) is 12.1 Å². The lowest BCUT2D eigenvalue weighted by molar-refractivity contribution is -0.136. The number of hydrogen-bond donors (Lipinski definition) is 3. The molecule has 2 aromatic rings. The van der Waals surface area contributed by atoms with Gasteiger partial charge in [-0.05, 0) is 43.0 Å². The van der Waals surface area contributed by atoms with E-state index in [9.17, 15) is 14.7 Å². The average molecular weight is 326 g/mol. The standard InChI is InChI=1S/C19H22N2O3/c1-13-7-6-10-16(14(13)2)21-19(24)18(23)20-12-11-17(22)15-8-4-3-5-9-15/h3-10,17,22H,11-12H2,1-2H3,(H,20,23)(H,21,24)/t17-/m0/s1. The molecule has 1 atom stereocenters. The van der Waals surface area contributed by atoms with E-state index in [4.69, 9.17) is 0 Å². The van der Waals surface area contributed by atoms with Crippen LogP contribution in [0.25, 0.3) is 0 Å². The number of aryl methyl sites for hydroxylation is 1. The van der Waals surface area contributed by atoms with E-state index >= 15 is 0 Å². The number of rotatable bonds is 5. The highest BCUT2D eigenvalue weighted by atomic mass is 16.3. The fourth-order valence-corrected chi connectivity index (χ4v) is 2.31. The highest BCUT2D eigenvalue weighted by Crippen LogP contribution is 2.18. The predicted octanol–water partition coefficient (Wildman–Crippen LogP) is 2.48. The molecule has 0 aliphatic rings. The number of amides is 2. The Bertz CT molecular complexity index is 714. The number of benzene rings is 2. The quantitative estimate of drug-likeness (QED) is 0.739. The molecule has 0 heterocycles. The SMILES string of the molecule is Cc1cccc(NC(=O)C(=O)NCC[C@H](O)c2ccccc2)c1C. The van der Waals surface area contributed by atoms with Gasteiger partial charge in [-0.2, -0.15) is 0 Å². The Kier molecular flexibility index (Phi) is 6.09. The largest absolute Gasteiger partial charge is 0.388 e. The van der Waals surface area contributed by atoms with Crippen LogP contribution in [0.1, 0.15) is 29.2 Å². The van der Waals surface area contributed by atoms with E-state index < -0.39 is 17.9 Å². The minimum Gasteiger partial charge on any atom is -0.388 e. The van der Waals surface area contributed by atoms with Crippen molar-refractivity contribution >= 4 is 17.5 Å². The summed E-state index contributed by atoms with van der Waals surface area (Å²) in [6.07, 6.45) is -0.333. The van der Waals surface area contributed by atoms with Crippen LogP contribution in [0.15, 0.2) is 48.5 Å². The van der Waals surface area contributed by atoms with Gasteiger partial charge in [0.25, 0.3) is 0 Å². The molecule has 5 nitrogen and oxygen atoms in total. The number of aliphatic hydroxyl groups excluding tert-OH is 1.